The summed E-state index contributed by atoms with van der Waals surface area (Å²) >= 11 is 18.6. The standard InChI is InChI=1S/C17H18Cl3NO/c1-3-6-22-17-15(19)7-12(8-16(17)20)10-21-13-5-4-11(2)14(18)9-13/h4-5,7-9,21H,3,6,10H2,1-2H3. The molecule has 0 aliphatic carbocycles. The van der Waals surface area contributed by atoms with Crippen LogP contribution in [0.1, 0.15) is 24.5 Å². The quantitative estimate of drug-likeness (QED) is 0.649. The van der Waals surface area contributed by atoms with E-state index in [4.69, 9.17) is 39.5 Å². The van der Waals surface area contributed by atoms with Gasteiger partial charge in [-0.05, 0) is 48.7 Å². The van der Waals surface area contributed by atoms with Crippen LogP contribution in [0.4, 0.5) is 5.69 Å². The fraction of sp³-hybridized carbons (Fsp3) is 0.294. The Bertz CT molecular complexity index is 635. The number of rotatable bonds is 6. The van der Waals surface area contributed by atoms with Crippen molar-refractivity contribution in [2.75, 3.05) is 11.9 Å². The molecule has 0 amide bonds. The Labute approximate surface area is 146 Å². The van der Waals surface area contributed by atoms with Crippen LogP contribution in [0.3, 0.4) is 0 Å². The molecular formula is C17H18Cl3NO. The van der Waals surface area contributed by atoms with Gasteiger partial charge in [0.05, 0.1) is 16.7 Å². The third kappa shape index (κ3) is 4.45. The van der Waals surface area contributed by atoms with Crippen LogP contribution >= 0.6 is 34.8 Å². The second-order valence-electron chi connectivity index (χ2n) is 5.05. The van der Waals surface area contributed by atoms with E-state index in [-0.39, 0.29) is 0 Å². The van der Waals surface area contributed by atoms with Crippen molar-refractivity contribution < 1.29 is 4.74 Å². The molecule has 0 aliphatic heterocycles. The Kier molecular flexibility index (Phi) is 6.25. The highest BCUT2D eigenvalue weighted by atomic mass is 35.5. The molecule has 0 radical (unpaired) electrons. The van der Waals surface area contributed by atoms with Crippen molar-refractivity contribution in [3.05, 3.63) is 56.5 Å². The summed E-state index contributed by atoms with van der Waals surface area (Å²) in [5.41, 5.74) is 2.99. The highest BCUT2D eigenvalue weighted by Gasteiger charge is 2.09. The summed E-state index contributed by atoms with van der Waals surface area (Å²) in [7, 11) is 0. The van der Waals surface area contributed by atoms with Crippen molar-refractivity contribution in [2.24, 2.45) is 0 Å². The predicted octanol–water partition coefficient (Wildman–Crippen LogP) is 6.36. The lowest BCUT2D eigenvalue weighted by Gasteiger charge is -2.12. The molecule has 0 saturated carbocycles. The van der Waals surface area contributed by atoms with Gasteiger partial charge in [0.15, 0.2) is 5.75 Å². The van der Waals surface area contributed by atoms with Gasteiger partial charge in [0.25, 0.3) is 0 Å². The van der Waals surface area contributed by atoms with Gasteiger partial charge in [-0.1, -0.05) is 47.8 Å². The average molecular weight is 359 g/mol. The molecule has 22 heavy (non-hydrogen) atoms. The monoisotopic (exact) mass is 357 g/mol. The number of benzene rings is 2. The maximum Gasteiger partial charge on any atom is 0.156 e. The summed E-state index contributed by atoms with van der Waals surface area (Å²) in [6.07, 6.45) is 0.907. The number of ether oxygens (including phenoxy) is 1. The molecule has 0 heterocycles. The molecular weight excluding hydrogens is 341 g/mol. The van der Waals surface area contributed by atoms with Gasteiger partial charge < -0.3 is 10.1 Å². The van der Waals surface area contributed by atoms with E-state index in [0.717, 1.165) is 28.3 Å². The third-order valence-corrected chi connectivity index (χ3v) is 4.15. The van der Waals surface area contributed by atoms with Crippen molar-refractivity contribution in [3.63, 3.8) is 0 Å². The fourth-order valence-corrected chi connectivity index (χ4v) is 2.79. The van der Waals surface area contributed by atoms with Gasteiger partial charge >= 0.3 is 0 Å². The summed E-state index contributed by atoms with van der Waals surface area (Å²) in [5.74, 6) is 0.548. The minimum absolute atomic E-state index is 0.527. The van der Waals surface area contributed by atoms with E-state index in [1.165, 1.54) is 0 Å². The van der Waals surface area contributed by atoms with Gasteiger partial charge in [-0.15, -0.1) is 0 Å². The largest absolute Gasteiger partial charge is 0.490 e. The smallest absolute Gasteiger partial charge is 0.156 e. The summed E-state index contributed by atoms with van der Waals surface area (Å²) in [6, 6.07) is 9.59. The lowest BCUT2D eigenvalue weighted by Crippen LogP contribution is -2.01. The van der Waals surface area contributed by atoms with Crippen LogP contribution in [0.2, 0.25) is 15.1 Å². The van der Waals surface area contributed by atoms with E-state index in [2.05, 4.69) is 5.32 Å². The highest BCUT2D eigenvalue weighted by molar-refractivity contribution is 6.37. The molecule has 0 saturated heterocycles. The molecule has 2 nitrogen and oxygen atoms in total. The molecule has 0 bridgehead atoms. The Balaban J connectivity index is 2.08. The van der Waals surface area contributed by atoms with Crippen molar-refractivity contribution in [2.45, 2.75) is 26.8 Å². The number of hydrogen-bond acceptors (Lipinski definition) is 2. The van der Waals surface area contributed by atoms with E-state index in [9.17, 15) is 0 Å². The lowest BCUT2D eigenvalue weighted by atomic mass is 10.2. The Morgan fingerprint density at radius 1 is 1.00 bits per heavy atom. The van der Waals surface area contributed by atoms with E-state index in [1.54, 1.807) is 0 Å². The van der Waals surface area contributed by atoms with E-state index < -0.39 is 0 Å². The number of halogens is 3. The van der Waals surface area contributed by atoms with Crippen LogP contribution in [0, 0.1) is 6.92 Å². The van der Waals surface area contributed by atoms with Gasteiger partial charge in [0, 0.05) is 17.3 Å². The first-order chi connectivity index (χ1) is 10.5. The predicted molar refractivity (Wildman–Crippen MR) is 95.8 cm³/mol. The van der Waals surface area contributed by atoms with Crippen LogP contribution in [0.5, 0.6) is 5.75 Å². The summed E-state index contributed by atoms with van der Waals surface area (Å²) in [5, 5.41) is 5.10. The molecule has 0 aromatic heterocycles. The van der Waals surface area contributed by atoms with Gasteiger partial charge in [0.1, 0.15) is 0 Å². The molecule has 2 aromatic carbocycles. The topological polar surface area (TPSA) is 21.3 Å². The minimum Gasteiger partial charge on any atom is -0.490 e. The molecule has 0 spiro atoms. The van der Waals surface area contributed by atoms with E-state index in [0.29, 0.717) is 28.9 Å². The summed E-state index contributed by atoms with van der Waals surface area (Å²) in [4.78, 5) is 0. The summed E-state index contributed by atoms with van der Waals surface area (Å²) < 4.78 is 5.56. The molecule has 2 rings (SSSR count). The number of anilines is 1. The lowest BCUT2D eigenvalue weighted by molar-refractivity contribution is 0.318. The number of hydrogen-bond donors (Lipinski definition) is 1. The first-order valence-corrected chi connectivity index (χ1v) is 8.25. The first-order valence-electron chi connectivity index (χ1n) is 7.12. The summed E-state index contributed by atoms with van der Waals surface area (Å²) in [6.45, 7) is 5.21. The molecule has 5 heteroatoms. The van der Waals surface area contributed by atoms with Crippen molar-refractivity contribution >= 4 is 40.5 Å². The molecule has 0 aliphatic rings. The van der Waals surface area contributed by atoms with Crippen LogP contribution in [-0.4, -0.2) is 6.61 Å². The highest BCUT2D eigenvalue weighted by Crippen LogP contribution is 2.34. The van der Waals surface area contributed by atoms with Crippen LogP contribution < -0.4 is 10.1 Å². The maximum atomic E-state index is 6.24. The normalized spacial score (nSPS) is 10.6. The molecule has 118 valence electrons. The Morgan fingerprint density at radius 2 is 1.68 bits per heavy atom. The van der Waals surface area contributed by atoms with Crippen molar-refractivity contribution in [1.29, 1.82) is 0 Å². The Morgan fingerprint density at radius 3 is 2.27 bits per heavy atom. The van der Waals surface area contributed by atoms with Crippen LogP contribution in [-0.2, 0) is 6.54 Å². The Hall–Kier alpha value is -1.09. The maximum absolute atomic E-state index is 6.24. The van der Waals surface area contributed by atoms with Gasteiger partial charge in [-0.2, -0.15) is 0 Å². The molecule has 0 atom stereocenters. The average Bonchev–Trinajstić information content (AvgIpc) is 2.48. The van der Waals surface area contributed by atoms with Crippen molar-refractivity contribution in [3.8, 4) is 5.75 Å². The molecule has 0 fully saturated rings. The zero-order valence-electron chi connectivity index (χ0n) is 12.6. The zero-order chi connectivity index (χ0) is 16.1. The minimum atomic E-state index is 0.527. The van der Waals surface area contributed by atoms with Gasteiger partial charge in [-0.25, -0.2) is 0 Å². The second-order valence-corrected chi connectivity index (χ2v) is 6.28. The van der Waals surface area contributed by atoms with Crippen LogP contribution in [0.15, 0.2) is 30.3 Å². The first kappa shape index (κ1) is 17.3. The fourth-order valence-electron chi connectivity index (χ4n) is 1.96. The van der Waals surface area contributed by atoms with Crippen molar-refractivity contribution in [1.82, 2.24) is 0 Å². The van der Waals surface area contributed by atoms with E-state index >= 15 is 0 Å². The number of nitrogens with one attached hydrogen (secondary N) is 1. The number of aryl methyl sites for hydroxylation is 1. The SMILES string of the molecule is CCCOc1c(Cl)cc(CNc2ccc(C)c(Cl)c2)cc1Cl. The van der Waals surface area contributed by atoms with Crippen LogP contribution in [0.25, 0.3) is 0 Å². The molecule has 2 aromatic rings. The molecule has 0 unspecified atom stereocenters. The van der Waals surface area contributed by atoms with Gasteiger partial charge in [-0.3, -0.25) is 0 Å². The van der Waals surface area contributed by atoms with Gasteiger partial charge in [0.2, 0.25) is 0 Å². The molecule has 1 N–H and O–H groups in total. The third-order valence-electron chi connectivity index (χ3n) is 3.18. The second kappa shape index (κ2) is 7.96. The van der Waals surface area contributed by atoms with E-state index in [1.807, 2.05) is 44.2 Å². The zero-order valence-corrected chi connectivity index (χ0v) is 14.8.